The topological polar surface area (TPSA) is 75.7 Å². The molecule has 1 aromatic carbocycles. The molecule has 2 aliphatic rings. The van der Waals surface area contributed by atoms with Gasteiger partial charge in [-0.15, -0.1) is 11.8 Å². The molecule has 2 fully saturated rings. The number of carbonyl (C=O) groups excluding carboxylic acids is 3. The molecule has 1 saturated heterocycles. The number of benzene rings is 1. The Bertz CT molecular complexity index is 706. The molecule has 1 N–H and O–H groups in total. The van der Waals surface area contributed by atoms with Crippen LogP contribution in [-0.4, -0.2) is 41.1 Å². The van der Waals surface area contributed by atoms with E-state index in [4.69, 9.17) is 4.74 Å². The van der Waals surface area contributed by atoms with E-state index in [1.807, 2.05) is 37.4 Å². The molecule has 1 saturated carbocycles. The average Bonchev–Trinajstić information content (AvgIpc) is 2.88. The first-order valence-corrected chi connectivity index (χ1v) is 10.1. The highest BCUT2D eigenvalue weighted by molar-refractivity contribution is 7.98. The van der Waals surface area contributed by atoms with Gasteiger partial charge in [-0.2, -0.15) is 0 Å². The number of imide groups is 1. The molecular weight excluding hydrogens is 352 g/mol. The van der Waals surface area contributed by atoms with E-state index in [1.54, 1.807) is 11.8 Å². The maximum Gasteiger partial charge on any atom is 0.326 e. The summed E-state index contributed by atoms with van der Waals surface area (Å²) in [7, 11) is 0. The zero-order chi connectivity index (χ0) is 18.7. The van der Waals surface area contributed by atoms with Gasteiger partial charge in [0.15, 0.2) is 0 Å². The van der Waals surface area contributed by atoms with Gasteiger partial charge in [-0.1, -0.05) is 31.9 Å². The lowest BCUT2D eigenvalue weighted by Gasteiger charge is -2.36. The molecule has 0 radical (unpaired) electrons. The summed E-state index contributed by atoms with van der Waals surface area (Å²) in [5, 5.41) is 2.84. The number of hydrogen-bond acceptors (Lipinski definition) is 5. The summed E-state index contributed by atoms with van der Waals surface area (Å²) in [5.41, 5.74) is 0.0224. The molecule has 1 aliphatic heterocycles. The van der Waals surface area contributed by atoms with Crippen molar-refractivity contribution in [3.8, 4) is 0 Å². The summed E-state index contributed by atoms with van der Waals surface area (Å²) in [6.07, 6.45) is 5.49. The number of urea groups is 1. The average molecular weight is 376 g/mol. The van der Waals surface area contributed by atoms with Gasteiger partial charge in [0.1, 0.15) is 18.7 Å². The van der Waals surface area contributed by atoms with Crippen molar-refractivity contribution >= 4 is 29.7 Å². The van der Waals surface area contributed by atoms with Gasteiger partial charge < -0.3 is 10.1 Å². The van der Waals surface area contributed by atoms with E-state index in [0.717, 1.165) is 34.6 Å². The minimum atomic E-state index is -0.844. The Morgan fingerprint density at radius 3 is 2.69 bits per heavy atom. The van der Waals surface area contributed by atoms with Crippen molar-refractivity contribution < 1.29 is 19.1 Å². The number of esters is 1. The number of hydrogen-bond donors (Lipinski definition) is 1. The Balaban J connectivity index is 1.58. The van der Waals surface area contributed by atoms with Gasteiger partial charge in [0.2, 0.25) is 0 Å². The van der Waals surface area contributed by atoms with Crippen LogP contribution in [0, 0.1) is 5.92 Å². The largest absolute Gasteiger partial charge is 0.459 e. The summed E-state index contributed by atoms with van der Waals surface area (Å²) in [5.74, 6) is -0.803. The Hall–Kier alpha value is -2.02. The second kappa shape index (κ2) is 7.70. The third-order valence-electron chi connectivity index (χ3n) is 5.35. The molecule has 2 unspecified atom stereocenters. The molecule has 1 aliphatic carbocycles. The van der Waals surface area contributed by atoms with Crippen LogP contribution in [0.3, 0.4) is 0 Å². The lowest BCUT2D eigenvalue weighted by atomic mass is 9.73. The maximum atomic E-state index is 12.8. The third kappa shape index (κ3) is 3.58. The van der Waals surface area contributed by atoms with E-state index >= 15 is 0 Å². The Morgan fingerprint density at radius 2 is 2.04 bits per heavy atom. The first-order valence-electron chi connectivity index (χ1n) is 8.89. The van der Waals surface area contributed by atoms with Gasteiger partial charge in [-0.3, -0.25) is 14.5 Å². The van der Waals surface area contributed by atoms with Crippen LogP contribution in [0.1, 0.15) is 38.2 Å². The van der Waals surface area contributed by atoms with Gasteiger partial charge in [-0.25, -0.2) is 4.79 Å². The highest BCUT2D eigenvalue weighted by atomic mass is 32.2. The molecule has 0 bridgehead atoms. The molecule has 26 heavy (non-hydrogen) atoms. The van der Waals surface area contributed by atoms with E-state index in [2.05, 4.69) is 5.32 Å². The molecule has 140 valence electrons. The summed E-state index contributed by atoms with van der Waals surface area (Å²) in [6.45, 7) is 1.76. The van der Waals surface area contributed by atoms with Gasteiger partial charge in [0.25, 0.3) is 5.91 Å². The SMILES string of the molecule is CSc1ccc(COC(=O)CN2C(=O)NC3(CCCCC3C)C2=O)cc1. The third-order valence-corrected chi connectivity index (χ3v) is 6.09. The van der Waals surface area contributed by atoms with Crippen LogP contribution < -0.4 is 5.32 Å². The van der Waals surface area contributed by atoms with Crippen molar-refractivity contribution in [1.29, 1.82) is 0 Å². The van der Waals surface area contributed by atoms with Crippen LogP contribution >= 0.6 is 11.8 Å². The van der Waals surface area contributed by atoms with Crippen molar-refractivity contribution in [2.24, 2.45) is 5.92 Å². The molecule has 0 aromatic heterocycles. The zero-order valence-electron chi connectivity index (χ0n) is 15.1. The smallest absolute Gasteiger partial charge is 0.326 e. The maximum absolute atomic E-state index is 12.8. The van der Waals surface area contributed by atoms with E-state index in [-0.39, 0.29) is 25.0 Å². The van der Waals surface area contributed by atoms with Crippen molar-refractivity contribution in [2.75, 3.05) is 12.8 Å². The monoisotopic (exact) mass is 376 g/mol. The Kier molecular flexibility index (Phi) is 5.55. The van der Waals surface area contributed by atoms with Gasteiger partial charge >= 0.3 is 12.0 Å². The minimum Gasteiger partial charge on any atom is -0.459 e. The summed E-state index contributed by atoms with van der Waals surface area (Å²) < 4.78 is 5.24. The van der Waals surface area contributed by atoms with Gasteiger partial charge in [0, 0.05) is 4.90 Å². The summed E-state index contributed by atoms with van der Waals surface area (Å²) >= 11 is 1.64. The van der Waals surface area contributed by atoms with E-state index in [0.29, 0.717) is 6.42 Å². The highest BCUT2D eigenvalue weighted by Crippen LogP contribution is 2.38. The fraction of sp³-hybridized carbons (Fsp3) is 0.526. The normalized spacial score (nSPS) is 25.5. The quantitative estimate of drug-likeness (QED) is 0.486. The second-order valence-electron chi connectivity index (χ2n) is 6.95. The molecule has 1 heterocycles. The molecule has 1 spiro atoms. The number of rotatable bonds is 5. The molecule has 7 heteroatoms. The molecule has 2 atom stereocenters. The second-order valence-corrected chi connectivity index (χ2v) is 7.83. The molecule has 6 nitrogen and oxygen atoms in total. The number of amides is 3. The number of nitrogens with one attached hydrogen (secondary N) is 1. The minimum absolute atomic E-state index is 0.0728. The zero-order valence-corrected chi connectivity index (χ0v) is 15.9. The van der Waals surface area contributed by atoms with Crippen LogP contribution in [0.5, 0.6) is 0 Å². The number of ether oxygens (including phenoxy) is 1. The van der Waals surface area contributed by atoms with Gasteiger partial charge in [-0.05, 0) is 42.7 Å². The van der Waals surface area contributed by atoms with Crippen LogP contribution in [0.2, 0.25) is 0 Å². The number of thioether (sulfide) groups is 1. The first-order chi connectivity index (χ1) is 12.5. The number of nitrogens with zero attached hydrogens (tertiary/aromatic N) is 1. The molecule has 1 aromatic rings. The van der Waals surface area contributed by atoms with E-state index in [9.17, 15) is 14.4 Å². The molecular formula is C19H24N2O4S. The van der Waals surface area contributed by atoms with Crippen LogP contribution in [0.15, 0.2) is 29.2 Å². The Morgan fingerprint density at radius 1 is 1.31 bits per heavy atom. The van der Waals surface area contributed by atoms with Crippen molar-refractivity contribution in [3.05, 3.63) is 29.8 Å². The van der Waals surface area contributed by atoms with E-state index < -0.39 is 17.5 Å². The molecule has 3 amide bonds. The fourth-order valence-corrected chi connectivity index (χ4v) is 4.11. The lowest BCUT2D eigenvalue weighted by Crippen LogP contribution is -2.54. The van der Waals surface area contributed by atoms with Crippen molar-refractivity contribution in [2.45, 2.75) is 49.6 Å². The lowest BCUT2D eigenvalue weighted by molar-refractivity contribution is -0.149. The summed E-state index contributed by atoms with van der Waals surface area (Å²) in [6, 6.07) is 7.21. The summed E-state index contributed by atoms with van der Waals surface area (Å²) in [4.78, 5) is 39.4. The highest BCUT2D eigenvalue weighted by Gasteiger charge is 2.55. The van der Waals surface area contributed by atoms with Crippen molar-refractivity contribution in [1.82, 2.24) is 10.2 Å². The van der Waals surface area contributed by atoms with E-state index in [1.165, 1.54) is 0 Å². The fourth-order valence-electron chi connectivity index (χ4n) is 3.70. The van der Waals surface area contributed by atoms with Gasteiger partial charge in [0.05, 0.1) is 0 Å². The van der Waals surface area contributed by atoms with Crippen molar-refractivity contribution in [3.63, 3.8) is 0 Å². The predicted octanol–water partition coefficient (Wildman–Crippen LogP) is 2.95. The predicted molar refractivity (Wildman–Crippen MR) is 98.6 cm³/mol. The van der Waals surface area contributed by atoms with Crippen LogP contribution in [-0.2, 0) is 20.9 Å². The molecule has 3 rings (SSSR count). The number of carbonyl (C=O) groups is 3. The van der Waals surface area contributed by atoms with Crippen LogP contribution in [0.25, 0.3) is 0 Å². The standard InChI is InChI=1S/C19H24N2O4S/c1-13-5-3-4-10-19(13)17(23)21(18(24)20-19)11-16(22)25-12-14-6-8-15(26-2)9-7-14/h6-9,13H,3-5,10-12H2,1-2H3,(H,20,24). The van der Waals surface area contributed by atoms with Crippen LogP contribution in [0.4, 0.5) is 4.79 Å². The first kappa shape index (κ1) is 18.8. The Labute approximate surface area is 157 Å².